The predicted molar refractivity (Wildman–Crippen MR) is 83.7 cm³/mol. The Morgan fingerprint density at radius 2 is 1.70 bits per heavy atom. The van der Waals surface area contributed by atoms with Crippen molar-refractivity contribution in [3.63, 3.8) is 0 Å². The summed E-state index contributed by atoms with van der Waals surface area (Å²) in [6.07, 6.45) is 0. The van der Waals surface area contributed by atoms with Gasteiger partial charge in [0.2, 0.25) is 5.91 Å². The number of nitrogens with zero attached hydrogens (tertiary/aromatic N) is 2. The van der Waals surface area contributed by atoms with Crippen molar-refractivity contribution in [2.24, 2.45) is 0 Å². The minimum absolute atomic E-state index is 0.0949. The van der Waals surface area contributed by atoms with E-state index in [0.717, 1.165) is 10.5 Å². The molecule has 0 bridgehead atoms. The van der Waals surface area contributed by atoms with Gasteiger partial charge in [-0.2, -0.15) is 0 Å². The minimum atomic E-state index is -0.968. The second-order valence-electron chi connectivity index (χ2n) is 5.51. The Labute approximate surface area is 134 Å². The van der Waals surface area contributed by atoms with Gasteiger partial charge in [-0.05, 0) is 24.5 Å². The largest absolute Gasteiger partial charge is 0.334 e. The number of hydrogen-bond donors (Lipinski definition) is 1. The first-order valence-electron chi connectivity index (χ1n) is 7.42. The first-order chi connectivity index (χ1) is 10.9. The SMILES string of the molecule is CCN1C(=O)C(=O)N(CC(=O)Nc2ccccc2C(C)C)C1=O. The number of benzene rings is 1. The fourth-order valence-corrected chi connectivity index (χ4v) is 2.42. The number of likely N-dealkylation sites (N-methyl/N-ethyl adjacent to an activating group) is 1. The number of para-hydroxylation sites is 1. The van der Waals surface area contributed by atoms with Gasteiger partial charge in [-0.15, -0.1) is 0 Å². The number of hydrogen-bond acceptors (Lipinski definition) is 4. The lowest BCUT2D eigenvalue weighted by molar-refractivity contribution is -0.143. The highest BCUT2D eigenvalue weighted by Crippen LogP contribution is 2.23. The molecule has 1 aliphatic heterocycles. The second kappa shape index (κ2) is 6.60. The maximum absolute atomic E-state index is 12.1. The molecule has 1 fully saturated rings. The number of nitrogens with one attached hydrogen (secondary N) is 1. The number of urea groups is 1. The quantitative estimate of drug-likeness (QED) is 0.659. The molecule has 0 unspecified atom stereocenters. The molecule has 7 heteroatoms. The number of anilines is 1. The van der Waals surface area contributed by atoms with Crippen molar-refractivity contribution in [2.75, 3.05) is 18.4 Å². The van der Waals surface area contributed by atoms with Gasteiger partial charge in [0, 0.05) is 12.2 Å². The second-order valence-corrected chi connectivity index (χ2v) is 5.51. The summed E-state index contributed by atoms with van der Waals surface area (Å²) in [6, 6.07) is 6.56. The molecule has 1 saturated heterocycles. The van der Waals surface area contributed by atoms with Gasteiger partial charge in [0.05, 0.1) is 0 Å². The summed E-state index contributed by atoms with van der Waals surface area (Å²) in [6.45, 7) is 5.20. The normalized spacial score (nSPS) is 14.9. The molecule has 0 radical (unpaired) electrons. The molecule has 1 aromatic rings. The summed E-state index contributed by atoms with van der Waals surface area (Å²) in [5, 5.41) is 2.69. The molecule has 23 heavy (non-hydrogen) atoms. The Bertz CT molecular complexity index is 669. The Balaban J connectivity index is 2.10. The van der Waals surface area contributed by atoms with E-state index in [0.29, 0.717) is 10.6 Å². The van der Waals surface area contributed by atoms with Gasteiger partial charge >= 0.3 is 17.8 Å². The van der Waals surface area contributed by atoms with Gasteiger partial charge in [-0.1, -0.05) is 32.0 Å². The monoisotopic (exact) mass is 317 g/mol. The van der Waals surface area contributed by atoms with Crippen LogP contribution in [0.15, 0.2) is 24.3 Å². The van der Waals surface area contributed by atoms with Crippen LogP contribution in [0.3, 0.4) is 0 Å². The van der Waals surface area contributed by atoms with E-state index in [2.05, 4.69) is 5.32 Å². The topological polar surface area (TPSA) is 86.8 Å². The molecule has 1 aromatic carbocycles. The number of rotatable bonds is 5. The van der Waals surface area contributed by atoms with Crippen LogP contribution in [-0.4, -0.2) is 46.6 Å². The highest BCUT2D eigenvalue weighted by atomic mass is 16.2. The first kappa shape index (κ1) is 16.7. The molecule has 2 rings (SSSR count). The molecule has 1 N–H and O–H groups in total. The van der Waals surface area contributed by atoms with E-state index in [1.165, 1.54) is 0 Å². The average molecular weight is 317 g/mol. The fourth-order valence-electron chi connectivity index (χ4n) is 2.42. The van der Waals surface area contributed by atoms with Crippen LogP contribution in [0, 0.1) is 0 Å². The van der Waals surface area contributed by atoms with Crippen molar-refractivity contribution in [3.05, 3.63) is 29.8 Å². The van der Waals surface area contributed by atoms with Crippen LogP contribution in [0.4, 0.5) is 10.5 Å². The third-order valence-electron chi connectivity index (χ3n) is 3.61. The number of carbonyl (C=O) groups excluding carboxylic acids is 4. The lowest BCUT2D eigenvalue weighted by Crippen LogP contribution is -2.39. The molecule has 0 spiro atoms. The molecule has 122 valence electrons. The molecule has 1 heterocycles. The van der Waals surface area contributed by atoms with Crippen molar-refractivity contribution >= 4 is 29.4 Å². The fraction of sp³-hybridized carbons (Fsp3) is 0.375. The van der Waals surface area contributed by atoms with E-state index in [1.54, 1.807) is 19.1 Å². The molecular weight excluding hydrogens is 298 g/mol. The average Bonchev–Trinajstić information content (AvgIpc) is 2.71. The summed E-state index contributed by atoms with van der Waals surface area (Å²) in [7, 11) is 0. The Hall–Kier alpha value is -2.70. The van der Waals surface area contributed by atoms with Gasteiger partial charge in [0.15, 0.2) is 0 Å². The molecule has 0 aliphatic carbocycles. The highest BCUT2D eigenvalue weighted by Gasteiger charge is 2.44. The van der Waals surface area contributed by atoms with Gasteiger partial charge in [0.25, 0.3) is 0 Å². The van der Waals surface area contributed by atoms with Crippen molar-refractivity contribution in [3.8, 4) is 0 Å². The molecule has 0 saturated carbocycles. The lowest BCUT2D eigenvalue weighted by Gasteiger charge is -2.16. The zero-order valence-corrected chi connectivity index (χ0v) is 13.3. The summed E-state index contributed by atoms with van der Waals surface area (Å²) < 4.78 is 0. The zero-order chi connectivity index (χ0) is 17.1. The molecule has 0 aromatic heterocycles. The van der Waals surface area contributed by atoms with Crippen molar-refractivity contribution in [1.82, 2.24) is 9.80 Å². The smallest absolute Gasteiger partial charge is 0.324 e. The zero-order valence-electron chi connectivity index (χ0n) is 13.3. The predicted octanol–water partition coefficient (Wildman–Crippen LogP) is 1.56. The summed E-state index contributed by atoms with van der Waals surface area (Å²) in [5.41, 5.74) is 1.58. The maximum Gasteiger partial charge on any atom is 0.334 e. The van der Waals surface area contributed by atoms with E-state index >= 15 is 0 Å². The number of amides is 5. The van der Waals surface area contributed by atoms with Crippen LogP contribution >= 0.6 is 0 Å². The third-order valence-corrected chi connectivity index (χ3v) is 3.61. The van der Waals surface area contributed by atoms with Gasteiger partial charge < -0.3 is 5.32 Å². The summed E-state index contributed by atoms with van der Waals surface area (Å²) in [4.78, 5) is 49.0. The van der Waals surface area contributed by atoms with Crippen LogP contribution < -0.4 is 5.32 Å². The molecule has 1 aliphatic rings. The van der Waals surface area contributed by atoms with Crippen LogP contribution in [0.1, 0.15) is 32.3 Å². The first-order valence-corrected chi connectivity index (χ1v) is 7.42. The standard InChI is InChI=1S/C16H19N3O4/c1-4-18-14(21)15(22)19(16(18)23)9-13(20)17-12-8-6-5-7-11(12)10(2)3/h5-8,10H,4,9H2,1-3H3,(H,17,20). The third kappa shape index (κ3) is 3.23. The van der Waals surface area contributed by atoms with Crippen molar-refractivity contribution in [2.45, 2.75) is 26.7 Å². The number of imide groups is 2. The van der Waals surface area contributed by atoms with Gasteiger partial charge in [-0.3, -0.25) is 19.3 Å². The van der Waals surface area contributed by atoms with Crippen LogP contribution in [0.25, 0.3) is 0 Å². The Morgan fingerprint density at radius 1 is 1.09 bits per heavy atom. The van der Waals surface area contributed by atoms with E-state index in [-0.39, 0.29) is 12.5 Å². The highest BCUT2D eigenvalue weighted by molar-refractivity contribution is 6.45. The van der Waals surface area contributed by atoms with E-state index < -0.39 is 30.3 Å². The minimum Gasteiger partial charge on any atom is -0.324 e. The van der Waals surface area contributed by atoms with Crippen LogP contribution in [0.2, 0.25) is 0 Å². The number of carbonyl (C=O) groups is 4. The van der Waals surface area contributed by atoms with Crippen LogP contribution in [-0.2, 0) is 14.4 Å². The Kier molecular flexibility index (Phi) is 4.78. The lowest BCUT2D eigenvalue weighted by atomic mass is 10.0. The van der Waals surface area contributed by atoms with Crippen LogP contribution in [0.5, 0.6) is 0 Å². The maximum atomic E-state index is 12.1. The Morgan fingerprint density at radius 3 is 2.26 bits per heavy atom. The van der Waals surface area contributed by atoms with Crippen molar-refractivity contribution < 1.29 is 19.2 Å². The molecule has 7 nitrogen and oxygen atoms in total. The summed E-state index contributed by atoms with van der Waals surface area (Å²) in [5.74, 6) is -2.18. The van der Waals surface area contributed by atoms with Gasteiger partial charge in [0.1, 0.15) is 6.54 Å². The molecular formula is C16H19N3O4. The van der Waals surface area contributed by atoms with E-state index in [4.69, 9.17) is 0 Å². The van der Waals surface area contributed by atoms with Crippen molar-refractivity contribution in [1.29, 1.82) is 0 Å². The van der Waals surface area contributed by atoms with Gasteiger partial charge in [-0.25, -0.2) is 9.69 Å². The summed E-state index contributed by atoms with van der Waals surface area (Å²) >= 11 is 0. The van der Waals surface area contributed by atoms with E-state index in [1.807, 2.05) is 26.0 Å². The molecule has 0 atom stereocenters. The van der Waals surface area contributed by atoms with E-state index in [9.17, 15) is 19.2 Å². The molecule has 5 amide bonds.